The van der Waals surface area contributed by atoms with E-state index in [9.17, 15) is 9.59 Å². The highest BCUT2D eigenvalue weighted by atomic mass is 32.2. The van der Waals surface area contributed by atoms with Crippen molar-refractivity contribution in [3.8, 4) is 0 Å². The van der Waals surface area contributed by atoms with Crippen LogP contribution in [0.1, 0.15) is 51.0 Å². The van der Waals surface area contributed by atoms with Gasteiger partial charge in [0.25, 0.3) is 0 Å². The first-order valence-corrected chi connectivity index (χ1v) is 9.36. The van der Waals surface area contributed by atoms with Crippen LogP contribution < -0.4 is 10.9 Å². The van der Waals surface area contributed by atoms with E-state index in [0.717, 1.165) is 22.7 Å². The van der Waals surface area contributed by atoms with E-state index in [-0.39, 0.29) is 11.9 Å². The zero-order valence-corrected chi connectivity index (χ0v) is 16.2. The quantitative estimate of drug-likeness (QED) is 0.788. The molecule has 0 saturated carbocycles. The fourth-order valence-electron chi connectivity index (χ4n) is 2.58. The van der Waals surface area contributed by atoms with E-state index in [0.29, 0.717) is 17.9 Å². The lowest BCUT2D eigenvalue weighted by atomic mass is 10.0. The molecule has 0 aliphatic carbocycles. The Morgan fingerprint density at radius 2 is 2.24 bits per heavy atom. The highest BCUT2D eigenvalue weighted by Gasteiger charge is 2.39. The van der Waals surface area contributed by atoms with E-state index in [1.165, 1.54) is 17.8 Å². The van der Waals surface area contributed by atoms with Gasteiger partial charge in [-0.25, -0.2) is 4.79 Å². The Kier molecular flexibility index (Phi) is 6.21. The summed E-state index contributed by atoms with van der Waals surface area (Å²) in [5.74, 6) is 0.893. The Hall–Kier alpha value is -1.89. The number of aliphatic imine (C=N–C) groups is 2. The largest absolute Gasteiger partial charge is 0.426 e. The second-order valence-corrected chi connectivity index (χ2v) is 7.42. The Morgan fingerprint density at radius 1 is 1.52 bits per heavy atom. The van der Waals surface area contributed by atoms with Crippen molar-refractivity contribution in [3.05, 3.63) is 33.9 Å². The minimum absolute atomic E-state index is 0.165. The molecule has 1 aliphatic rings. The number of nitrogens with one attached hydrogen (secondary N) is 1. The zero-order chi connectivity index (χ0) is 18.6. The number of nitrogens with zero attached hydrogens (tertiary/aromatic N) is 2. The van der Waals surface area contributed by atoms with Crippen LogP contribution >= 0.6 is 11.8 Å². The number of carbonyl (C=O) groups excluding carboxylic acids is 1. The maximum Gasteiger partial charge on any atom is 0.336 e. The molecule has 0 radical (unpaired) electrons. The summed E-state index contributed by atoms with van der Waals surface area (Å²) in [6.45, 7) is 7.57. The molecule has 25 heavy (non-hydrogen) atoms. The zero-order valence-electron chi connectivity index (χ0n) is 15.4. The van der Waals surface area contributed by atoms with Crippen LogP contribution in [0, 0.1) is 6.92 Å². The Bertz CT molecular complexity index is 769. The number of carbonyl (C=O) groups is 1. The van der Waals surface area contributed by atoms with E-state index in [2.05, 4.69) is 15.3 Å². The predicted molar refractivity (Wildman–Crippen MR) is 103 cm³/mol. The first-order chi connectivity index (χ1) is 11.8. The Labute approximate surface area is 152 Å². The third-order valence-corrected chi connectivity index (χ3v) is 5.50. The molecule has 0 aromatic carbocycles. The van der Waals surface area contributed by atoms with Crippen molar-refractivity contribution in [2.75, 3.05) is 12.8 Å². The number of amides is 1. The van der Waals surface area contributed by atoms with Crippen LogP contribution in [0.2, 0.25) is 0 Å². The molecule has 1 unspecified atom stereocenters. The summed E-state index contributed by atoms with van der Waals surface area (Å²) in [6.07, 6.45) is 1.54. The second-order valence-electron chi connectivity index (χ2n) is 6.46. The standard InChI is InChI=1S/C18H25N3O3S/c1-6-7-13(14-8-11(2)9-15(22)24-14)20-17(23)18(4)10-25-16(21-18)12(3)19-5/h8-9,13H,6-7,10H2,1-5H3,(H,20,23)/t13-,18?/m1/s1. The molecule has 2 rings (SSSR count). The summed E-state index contributed by atoms with van der Waals surface area (Å²) in [5, 5.41) is 3.82. The molecule has 1 aromatic rings. The topological polar surface area (TPSA) is 84.0 Å². The van der Waals surface area contributed by atoms with E-state index in [1.807, 2.05) is 27.7 Å². The molecule has 6 nitrogen and oxygen atoms in total. The molecule has 0 bridgehead atoms. The monoisotopic (exact) mass is 363 g/mol. The first-order valence-electron chi connectivity index (χ1n) is 8.38. The molecule has 7 heteroatoms. The van der Waals surface area contributed by atoms with Crippen LogP contribution in [-0.2, 0) is 4.79 Å². The SMILES string of the molecule is CCC[C@@H](NC(=O)C1(C)CSC(C(C)=NC)=N1)c1cc(C)cc(=O)o1. The number of rotatable bonds is 6. The predicted octanol–water partition coefficient (Wildman–Crippen LogP) is 2.90. The van der Waals surface area contributed by atoms with Crippen LogP contribution in [0.15, 0.2) is 31.3 Å². The van der Waals surface area contributed by atoms with E-state index < -0.39 is 11.2 Å². The fraction of sp³-hybridized carbons (Fsp3) is 0.556. The lowest BCUT2D eigenvalue weighted by molar-refractivity contribution is -0.125. The van der Waals surface area contributed by atoms with Crippen molar-refractivity contribution in [1.29, 1.82) is 0 Å². The molecule has 1 aromatic heterocycles. The van der Waals surface area contributed by atoms with Gasteiger partial charge in [0.2, 0.25) is 5.91 Å². The minimum Gasteiger partial charge on any atom is -0.426 e. The number of thioether (sulfide) groups is 1. The lowest BCUT2D eigenvalue weighted by Gasteiger charge is -2.24. The number of aryl methyl sites for hydroxylation is 1. The van der Waals surface area contributed by atoms with Crippen molar-refractivity contribution in [3.63, 3.8) is 0 Å². The summed E-state index contributed by atoms with van der Waals surface area (Å²) in [6, 6.07) is 2.90. The van der Waals surface area contributed by atoms with Crippen molar-refractivity contribution in [2.45, 2.75) is 52.1 Å². The number of hydrogen-bond acceptors (Lipinski definition) is 6. The van der Waals surface area contributed by atoms with Gasteiger partial charge in [0.15, 0.2) is 0 Å². The van der Waals surface area contributed by atoms with Gasteiger partial charge in [-0.05, 0) is 38.8 Å². The molecule has 0 spiro atoms. The highest BCUT2D eigenvalue weighted by Crippen LogP contribution is 2.30. The van der Waals surface area contributed by atoms with Gasteiger partial charge in [-0.3, -0.25) is 14.8 Å². The molecule has 0 fully saturated rings. The third kappa shape index (κ3) is 4.60. The van der Waals surface area contributed by atoms with Gasteiger partial charge in [-0.2, -0.15) is 0 Å². The van der Waals surface area contributed by atoms with Gasteiger partial charge in [0, 0.05) is 18.9 Å². The van der Waals surface area contributed by atoms with Crippen LogP contribution in [0.4, 0.5) is 0 Å². The third-order valence-electron chi connectivity index (χ3n) is 4.13. The molecule has 1 N–H and O–H groups in total. The van der Waals surface area contributed by atoms with Crippen LogP contribution in [0.5, 0.6) is 0 Å². The van der Waals surface area contributed by atoms with Crippen LogP contribution in [0.25, 0.3) is 0 Å². The lowest BCUT2D eigenvalue weighted by Crippen LogP contribution is -2.45. The summed E-state index contributed by atoms with van der Waals surface area (Å²) in [4.78, 5) is 33.2. The van der Waals surface area contributed by atoms with Crippen LogP contribution in [0.3, 0.4) is 0 Å². The van der Waals surface area contributed by atoms with Gasteiger partial charge < -0.3 is 9.73 Å². The van der Waals surface area contributed by atoms with E-state index >= 15 is 0 Å². The van der Waals surface area contributed by atoms with Crippen LogP contribution in [-0.4, -0.2) is 35.0 Å². The molecule has 2 atom stereocenters. The van der Waals surface area contributed by atoms with Gasteiger partial charge in [0.1, 0.15) is 16.3 Å². The maximum absolute atomic E-state index is 12.9. The highest BCUT2D eigenvalue weighted by molar-refractivity contribution is 8.16. The molecule has 1 aliphatic heterocycles. The van der Waals surface area contributed by atoms with Gasteiger partial charge in [-0.1, -0.05) is 13.3 Å². The average molecular weight is 363 g/mol. The molecular weight excluding hydrogens is 338 g/mol. The second kappa shape index (κ2) is 7.99. The normalized spacial score (nSPS) is 21.8. The van der Waals surface area contributed by atoms with Gasteiger partial charge in [0.05, 0.1) is 11.8 Å². The average Bonchev–Trinajstić information content (AvgIpc) is 2.96. The smallest absolute Gasteiger partial charge is 0.336 e. The summed E-state index contributed by atoms with van der Waals surface area (Å²) in [5.41, 5.74) is 0.404. The van der Waals surface area contributed by atoms with Gasteiger partial charge in [-0.15, -0.1) is 11.8 Å². The maximum atomic E-state index is 12.9. The summed E-state index contributed by atoms with van der Waals surface area (Å²) >= 11 is 1.54. The minimum atomic E-state index is -0.845. The van der Waals surface area contributed by atoms with E-state index in [4.69, 9.17) is 4.42 Å². The molecule has 2 heterocycles. The summed E-state index contributed by atoms with van der Waals surface area (Å²) in [7, 11) is 1.71. The molecule has 136 valence electrons. The Balaban J connectivity index is 2.23. The van der Waals surface area contributed by atoms with E-state index in [1.54, 1.807) is 13.1 Å². The Morgan fingerprint density at radius 3 is 2.84 bits per heavy atom. The van der Waals surface area contributed by atoms with Crippen molar-refractivity contribution >= 4 is 28.4 Å². The van der Waals surface area contributed by atoms with Crippen molar-refractivity contribution in [1.82, 2.24) is 5.32 Å². The van der Waals surface area contributed by atoms with Crippen molar-refractivity contribution in [2.24, 2.45) is 9.98 Å². The molecule has 1 amide bonds. The molecule has 0 saturated heterocycles. The van der Waals surface area contributed by atoms with Gasteiger partial charge >= 0.3 is 5.63 Å². The first kappa shape index (κ1) is 19.4. The fourth-order valence-corrected chi connectivity index (χ4v) is 3.76. The van der Waals surface area contributed by atoms with Crippen molar-refractivity contribution < 1.29 is 9.21 Å². The molecular formula is C18H25N3O3S. The number of hydrogen-bond donors (Lipinski definition) is 1. The summed E-state index contributed by atoms with van der Waals surface area (Å²) < 4.78 is 5.32.